The van der Waals surface area contributed by atoms with Crippen molar-refractivity contribution in [3.63, 3.8) is 0 Å². The second-order valence-electron chi connectivity index (χ2n) is 7.66. The van der Waals surface area contributed by atoms with Crippen molar-refractivity contribution >= 4 is 35.1 Å². The van der Waals surface area contributed by atoms with Crippen molar-refractivity contribution in [1.29, 1.82) is 0 Å². The Hall–Kier alpha value is -3.31. The van der Waals surface area contributed by atoms with E-state index in [1.54, 1.807) is 0 Å². The first kappa shape index (κ1) is 20.9. The predicted octanol–water partition coefficient (Wildman–Crippen LogP) is 6.16. The number of nitrogens with one attached hydrogen (secondary N) is 1. The van der Waals surface area contributed by atoms with Crippen LogP contribution in [-0.4, -0.2) is 16.4 Å². The molecule has 1 aliphatic heterocycles. The Morgan fingerprint density at radius 1 is 0.871 bits per heavy atom. The lowest BCUT2D eigenvalue weighted by atomic mass is 10.1. The van der Waals surface area contributed by atoms with Crippen molar-refractivity contribution in [3.05, 3.63) is 94.5 Å². The van der Waals surface area contributed by atoms with Crippen LogP contribution in [0.1, 0.15) is 27.8 Å². The van der Waals surface area contributed by atoms with Crippen LogP contribution < -0.4 is 10.1 Å². The first-order valence-corrected chi connectivity index (χ1v) is 11.0. The van der Waals surface area contributed by atoms with Gasteiger partial charge in [0.25, 0.3) is 5.24 Å². The average Bonchev–Trinajstić information content (AvgIpc) is 3.04. The second-order valence-corrected chi connectivity index (χ2v) is 8.84. The van der Waals surface area contributed by atoms with Crippen LogP contribution in [0.15, 0.2) is 66.7 Å². The Balaban J connectivity index is 1.41. The van der Waals surface area contributed by atoms with Gasteiger partial charge < -0.3 is 4.74 Å². The maximum Gasteiger partial charge on any atom is 0.286 e. The Morgan fingerprint density at radius 3 is 2.26 bits per heavy atom. The molecular weight excluding hydrogens is 406 g/mol. The van der Waals surface area contributed by atoms with Crippen LogP contribution in [0.4, 0.5) is 4.79 Å². The largest absolute Gasteiger partial charge is 0.457 e. The zero-order chi connectivity index (χ0) is 21.8. The molecule has 3 aromatic carbocycles. The highest BCUT2D eigenvalue weighted by Crippen LogP contribution is 2.26. The molecule has 0 saturated carbocycles. The molecule has 1 fully saturated rings. The Kier molecular flexibility index (Phi) is 6.23. The highest BCUT2D eigenvalue weighted by atomic mass is 32.2. The quantitative estimate of drug-likeness (QED) is 0.477. The minimum atomic E-state index is -0.361. The lowest BCUT2D eigenvalue weighted by Crippen LogP contribution is -2.25. The molecule has 0 radical (unpaired) electrons. The molecule has 1 atom stereocenters. The molecule has 1 unspecified atom stereocenters. The Morgan fingerprint density at radius 2 is 1.58 bits per heavy atom. The summed E-state index contributed by atoms with van der Waals surface area (Å²) in [5.41, 5.74) is 5.72. The van der Waals surface area contributed by atoms with Gasteiger partial charge in [-0.25, -0.2) is 0 Å². The smallest absolute Gasteiger partial charge is 0.286 e. The first-order chi connectivity index (χ1) is 14.9. The first-order valence-electron chi connectivity index (χ1n) is 10.1. The van der Waals surface area contributed by atoms with Crippen LogP contribution >= 0.6 is 11.8 Å². The monoisotopic (exact) mass is 429 g/mol. The number of carbonyl (C=O) groups excluding carboxylic acids is 2. The van der Waals surface area contributed by atoms with E-state index in [-0.39, 0.29) is 16.4 Å². The van der Waals surface area contributed by atoms with Gasteiger partial charge in [0.15, 0.2) is 0 Å². The van der Waals surface area contributed by atoms with Crippen LogP contribution in [-0.2, 0) is 11.2 Å². The molecule has 0 aromatic heterocycles. The molecule has 1 aliphatic rings. The third-order valence-corrected chi connectivity index (χ3v) is 5.90. The number of aryl methyl sites for hydroxylation is 2. The lowest BCUT2D eigenvalue weighted by Gasteiger charge is -2.09. The average molecular weight is 430 g/mol. The molecule has 156 valence electrons. The van der Waals surface area contributed by atoms with Crippen molar-refractivity contribution < 1.29 is 14.3 Å². The topological polar surface area (TPSA) is 55.4 Å². The number of thioether (sulfide) groups is 1. The molecular formula is C26H23NO3S. The summed E-state index contributed by atoms with van der Waals surface area (Å²) < 4.78 is 6.00. The standard InChI is InChI=1S/C26H23NO3S/c1-17-12-18(2)14-21(13-17)7-6-19-4-3-5-23(15-19)30-22-10-8-20(9-11-22)16-24-25(28)27-26(29)31-24/h3-15,24H,16H2,1-2H3,(H,27,28,29)/b7-6-. The van der Waals surface area contributed by atoms with Gasteiger partial charge in [-0.05, 0) is 61.2 Å². The fourth-order valence-electron chi connectivity index (χ4n) is 3.55. The molecule has 1 heterocycles. The molecule has 4 nitrogen and oxygen atoms in total. The van der Waals surface area contributed by atoms with E-state index in [9.17, 15) is 9.59 Å². The Labute approximate surface area is 186 Å². The fraction of sp³-hybridized carbons (Fsp3) is 0.154. The van der Waals surface area contributed by atoms with E-state index in [0.717, 1.165) is 34.4 Å². The summed E-state index contributed by atoms with van der Waals surface area (Å²) in [6, 6.07) is 22.0. The lowest BCUT2D eigenvalue weighted by molar-refractivity contribution is -0.118. The summed E-state index contributed by atoms with van der Waals surface area (Å²) in [7, 11) is 0. The van der Waals surface area contributed by atoms with Crippen LogP contribution in [0, 0.1) is 13.8 Å². The number of ether oxygens (including phenoxy) is 1. The van der Waals surface area contributed by atoms with E-state index < -0.39 is 0 Å². The zero-order valence-corrected chi connectivity index (χ0v) is 18.2. The zero-order valence-electron chi connectivity index (χ0n) is 17.4. The molecule has 3 aromatic rings. The Bertz CT molecular complexity index is 1130. The molecule has 0 bridgehead atoms. The third kappa shape index (κ3) is 5.64. The molecule has 0 aliphatic carbocycles. The van der Waals surface area contributed by atoms with Gasteiger partial charge in [-0.1, -0.05) is 77.5 Å². The van der Waals surface area contributed by atoms with Gasteiger partial charge in [-0.3, -0.25) is 14.9 Å². The van der Waals surface area contributed by atoms with Crippen molar-refractivity contribution in [1.82, 2.24) is 5.32 Å². The molecule has 5 heteroatoms. The number of amides is 2. The van der Waals surface area contributed by atoms with Gasteiger partial charge in [0.05, 0.1) is 5.25 Å². The highest BCUT2D eigenvalue weighted by molar-refractivity contribution is 8.15. The number of imide groups is 1. The summed E-state index contributed by atoms with van der Waals surface area (Å²) in [5.74, 6) is 1.26. The van der Waals surface area contributed by atoms with Crippen LogP contribution in [0.2, 0.25) is 0 Å². The van der Waals surface area contributed by atoms with E-state index in [2.05, 4.69) is 49.5 Å². The van der Waals surface area contributed by atoms with Crippen molar-refractivity contribution in [2.75, 3.05) is 0 Å². The van der Waals surface area contributed by atoms with Crippen LogP contribution in [0.25, 0.3) is 12.2 Å². The van der Waals surface area contributed by atoms with E-state index in [0.29, 0.717) is 6.42 Å². The van der Waals surface area contributed by atoms with Gasteiger partial charge >= 0.3 is 0 Å². The normalized spacial score (nSPS) is 16.0. The molecule has 4 rings (SSSR count). The minimum absolute atomic E-state index is 0.221. The van der Waals surface area contributed by atoms with Gasteiger partial charge in [0.2, 0.25) is 5.91 Å². The minimum Gasteiger partial charge on any atom is -0.457 e. The maximum absolute atomic E-state index is 11.7. The fourth-order valence-corrected chi connectivity index (χ4v) is 4.41. The van der Waals surface area contributed by atoms with Gasteiger partial charge in [-0.2, -0.15) is 0 Å². The van der Waals surface area contributed by atoms with E-state index in [4.69, 9.17) is 4.74 Å². The van der Waals surface area contributed by atoms with Crippen molar-refractivity contribution in [3.8, 4) is 11.5 Å². The van der Waals surface area contributed by atoms with E-state index in [1.807, 2.05) is 48.5 Å². The van der Waals surface area contributed by atoms with Gasteiger partial charge in [0.1, 0.15) is 11.5 Å². The molecule has 31 heavy (non-hydrogen) atoms. The SMILES string of the molecule is Cc1cc(C)cc(/C=C\c2cccc(Oc3ccc(CC4SC(=O)NC4=O)cc3)c2)c1. The summed E-state index contributed by atoms with van der Waals surface area (Å²) in [6.45, 7) is 4.20. The number of hydrogen-bond donors (Lipinski definition) is 1. The van der Waals surface area contributed by atoms with Crippen molar-refractivity contribution in [2.45, 2.75) is 25.5 Å². The summed E-state index contributed by atoms with van der Waals surface area (Å²) in [5, 5.41) is 1.68. The van der Waals surface area contributed by atoms with Gasteiger partial charge in [0, 0.05) is 0 Å². The van der Waals surface area contributed by atoms with Crippen LogP contribution in [0.3, 0.4) is 0 Å². The number of rotatable bonds is 6. The van der Waals surface area contributed by atoms with Crippen LogP contribution in [0.5, 0.6) is 11.5 Å². The third-order valence-electron chi connectivity index (χ3n) is 4.92. The predicted molar refractivity (Wildman–Crippen MR) is 126 cm³/mol. The number of benzene rings is 3. The molecule has 1 saturated heterocycles. The number of carbonyl (C=O) groups is 2. The molecule has 0 spiro atoms. The maximum atomic E-state index is 11.7. The summed E-state index contributed by atoms with van der Waals surface area (Å²) in [4.78, 5) is 23.0. The van der Waals surface area contributed by atoms with Crippen molar-refractivity contribution in [2.24, 2.45) is 0 Å². The summed E-state index contributed by atoms with van der Waals surface area (Å²) >= 11 is 1.04. The molecule has 2 amide bonds. The van der Waals surface area contributed by atoms with Gasteiger partial charge in [-0.15, -0.1) is 0 Å². The van der Waals surface area contributed by atoms with E-state index >= 15 is 0 Å². The number of hydrogen-bond acceptors (Lipinski definition) is 4. The van der Waals surface area contributed by atoms with E-state index in [1.165, 1.54) is 16.7 Å². The molecule has 1 N–H and O–H groups in total. The second kappa shape index (κ2) is 9.23. The highest BCUT2D eigenvalue weighted by Gasteiger charge is 2.31. The summed E-state index contributed by atoms with van der Waals surface area (Å²) in [6.07, 6.45) is 4.70.